The molecule has 0 aliphatic heterocycles. The second-order valence-corrected chi connectivity index (χ2v) is 5.81. The largest absolute Gasteiger partial charge is 0.490 e. The van der Waals surface area contributed by atoms with Crippen LogP contribution >= 0.6 is 0 Å². The summed E-state index contributed by atoms with van der Waals surface area (Å²) in [5.41, 5.74) is 0.912. The zero-order chi connectivity index (χ0) is 19.6. The molecule has 0 unspecified atom stereocenters. The fourth-order valence-corrected chi connectivity index (χ4v) is 2.64. The third-order valence-electron chi connectivity index (χ3n) is 3.96. The number of nitrogens with zero attached hydrogens (tertiary/aromatic N) is 1. The SMILES string of the molecule is COc1ccc(C(=O)OCc2cc(=O)oc3cc(C)ccc23)cc1[N+](=O)[O-]. The van der Waals surface area contributed by atoms with Crippen molar-refractivity contribution in [2.24, 2.45) is 0 Å². The molecule has 0 amide bonds. The molecule has 0 fully saturated rings. The Hall–Kier alpha value is -3.68. The molecule has 3 aromatic rings. The van der Waals surface area contributed by atoms with Gasteiger partial charge in [-0.25, -0.2) is 9.59 Å². The van der Waals surface area contributed by atoms with Crippen molar-refractivity contribution in [3.8, 4) is 5.75 Å². The van der Waals surface area contributed by atoms with Crippen LogP contribution in [0.3, 0.4) is 0 Å². The van der Waals surface area contributed by atoms with Crippen molar-refractivity contribution in [1.29, 1.82) is 0 Å². The summed E-state index contributed by atoms with van der Waals surface area (Å²) in [6.07, 6.45) is 0. The number of carbonyl (C=O) groups is 1. The first-order valence-electron chi connectivity index (χ1n) is 7.92. The Morgan fingerprint density at radius 1 is 1.19 bits per heavy atom. The van der Waals surface area contributed by atoms with Crippen molar-refractivity contribution in [3.63, 3.8) is 0 Å². The van der Waals surface area contributed by atoms with Gasteiger partial charge in [0.15, 0.2) is 5.75 Å². The summed E-state index contributed by atoms with van der Waals surface area (Å²) in [7, 11) is 1.30. The van der Waals surface area contributed by atoms with Gasteiger partial charge in [-0.1, -0.05) is 12.1 Å². The van der Waals surface area contributed by atoms with Crippen molar-refractivity contribution in [1.82, 2.24) is 0 Å². The van der Waals surface area contributed by atoms with Crippen LogP contribution in [-0.4, -0.2) is 18.0 Å². The molecule has 0 bridgehead atoms. The maximum atomic E-state index is 12.3. The number of ether oxygens (including phenoxy) is 2. The van der Waals surface area contributed by atoms with Crippen LogP contribution in [0.5, 0.6) is 5.75 Å². The van der Waals surface area contributed by atoms with Crippen LogP contribution in [0, 0.1) is 17.0 Å². The molecule has 0 aliphatic carbocycles. The molecule has 0 aliphatic rings. The molecule has 0 radical (unpaired) electrons. The predicted molar refractivity (Wildman–Crippen MR) is 96.0 cm³/mol. The second-order valence-electron chi connectivity index (χ2n) is 5.81. The Balaban J connectivity index is 1.86. The number of fused-ring (bicyclic) bond motifs is 1. The Bertz CT molecular complexity index is 1100. The van der Waals surface area contributed by atoms with E-state index in [1.165, 1.54) is 25.3 Å². The minimum Gasteiger partial charge on any atom is -0.490 e. The molecule has 3 rings (SSSR count). The number of hydrogen-bond acceptors (Lipinski definition) is 7. The predicted octanol–water partition coefficient (Wildman–Crippen LogP) is 3.38. The molecule has 0 atom stereocenters. The summed E-state index contributed by atoms with van der Waals surface area (Å²) < 4.78 is 15.3. The number of nitro groups is 1. The standard InChI is InChI=1S/C19H15NO7/c1-11-3-5-14-13(9-18(21)27-17(14)7-11)10-26-19(22)12-4-6-16(25-2)15(8-12)20(23)24/h3-9H,10H2,1-2H3. The molecule has 8 nitrogen and oxygen atoms in total. The Morgan fingerprint density at radius 2 is 1.96 bits per heavy atom. The van der Waals surface area contributed by atoms with Crippen LogP contribution < -0.4 is 10.4 Å². The van der Waals surface area contributed by atoms with Gasteiger partial charge >= 0.3 is 17.3 Å². The Labute approximate surface area is 153 Å². The van der Waals surface area contributed by atoms with E-state index >= 15 is 0 Å². The average molecular weight is 369 g/mol. The van der Waals surface area contributed by atoms with Gasteiger partial charge in [-0.15, -0.1) is 0 Å². The van der Waals surface area contributed by atoms with E-state index in [2.05, 4.69) is 0 Å². The minimum atomic E-state index is -0.755. The van der Waals surface area contributed by atoms with E-state index in [0.29, 0.717) is 16.5 Å². The lowest BCUT2D eigenvalue weighted by Crippen LogP contribution is -2.08. The van der Waals surface area contributed by atoms with Gasteiger partial charge in [0.25, 0.3) is 0 Å². The van der Waals surface area contributed by atoms with Gasteiger partial charge in [0, 0.05) is 23.1 Å². The Morgan fingerprint density at radius 3 is 2.67 bits per heavy atom. The summed E-state index contributed by atoms with van der Waals surface area (Å²) in [5, 5.41) is 11.7. The fourth-order valence-electron chi connectivity index (χ4n) is 2.64. The van der Waals surface area contributed by atoms with Crippen LogP contribution in [0.15, 0.2) is 51.7 Å². The van der Waals surface area contributed by atoms with Gasteiger partial charge in [0.05, 0.1) is 17.6 Å². The van der Waals surface area contributed by atoms with Crippen molar-refractivity contribution >= 4 is 22.6 Å². The summed E-state index contributed by atoms with van der Waals surface area (Å²) in [4.78, 5) is 34.4. The molecular formula is C19H15NO7. The van der Waals surface area contributed by atoms with Gasteiger partial charge in [0.2, 0.25) is 0 Å². The third kappa shape index (κ3) is 3.79. The maximum absolute atomic E-state index is 12.3. The lowest BCUT2D eigenvalue weighted by molar-refractivity contribution is -0.385. The lowest BCUT2D eigenvalue weighted by Gasteiger charge is -2.08. The highest BCUT2D eigenvalue weighted by molar-refractivity contribution is 5.91. The molecule has 1 aromatic heterocycles. The molecular weight excluding hydrogens is 354 g/mol. The zero-order valence-electron chi connectivity index (χ0n) is 14.6. The lowest BCUT2D eigenvalue weighted by atomic mass is 10.1. The number of hydrogen-bond donors (Lipinski definition) is 0. The highest BCUT2D eigenvalue weighted by atomic mass is 16.6. The number of esters is 1. The first-order chi connectivity index (χ1) is 12.9. The van der Waals surface area contributed by atoms with Gasteiger partial charge in [-0.2, -0.15) is 0 Å². The minimum absolute atomic E-state index is 0.00520. The topological polar surface area (TPSA) is 109 Å². The third-order valence-corrected chi connectivity index (χ3v) is 3.96. The van der Waals surface area contributed by atoms with Crippen LogP contribution in [0.25, 0.3) is 11.0 Å². The first-order valence-corrected chi connectivity index (χ1v) is 7.92. The van der Waals surface area contributed by atoms with Crippen LogP contribution in [0.1, 0.15) is 21.5 Å². The second kappa shape index (κ2) is 7.28. The normalized spacial score (nSPS) is 10.6. The highest BCUT2D eigenvalue weighted by Gasteiger charge is 2.19. The highest BCUT2D eigenvalue weighted by Crippen LogP contribution is 2.28. The molecule has 0 N–H and O–H groups in total. The quantitative estimate of drug-likeness (QED) is 0.293. The van der Waals surface area contributed by atoms with Crippen molar-refractivity contribution < 1.29 is 23.6 Å². The van der Waals surface area contributed by atoms with Crippen molar-refractivity contribution in [2.75, 3.05) is 7.11 Å². The number of rotatable bonds is 5. The van der Waals surface area contributed by atoms with Gasteiger partial charge in [-0.3, -0.25) is 10.1 Å². The van der Waals surface area contributed by atoms with E-state index in [1.54, 1.807) is 12.1 Å². The van der Waals surface area contributed by atoms with Crippen molar-refractivity contribution in [2.45, 2.75) is 13.5 Å². The van der Waals surface area contributed by atoms with Gasteiger partial charge in [-0.05, 0) is 30.7 Å². The molecule has 138 valence electrons. The molecule has 27 heavy (non-hydrogen) atoms. The summed E-state index contributed by atoms with van der Waals surface area (Å²) in [6, 6.07) is 10.4. The van der Waals surface area contributed by atoms with E-state index in [4.69, 9.17) is 13.9 Å². The number of carbonyl (C=O) groups excluding carboxylic acids is 1. The molecule has 2 aromatic carbocycles. The molecule has 0 saturated heterocycles. The first kappa shape index (κ1) is 18.1. The van der Waals surface area contributed by atoms with Crippen LogP contribution in [0.4, 0.5) is 5.69 Å². The Kier molecular flexibility index (Phi) is 4.89. The van der Waals surface area contributed by atoms with Crippen molar-refractivity contribution in [3.05, 3.63) is 79.7 Å². The van der Waals surface area contributed by atoms with Crippen LogP contribution in [0.2, 0.25) is 0 Å². The monoisotopic (exact) mass is 369 g/mol. The molecule has 8 heteroatoms. The summed E-state index contributed by atoms with van der Waals surface area (Å²) >= 11 is 0. The van der Waals surface area contributed by atoms with E-state index in [9.17, 15) is 19.7 Å². The zero-order valence-corrected chi connectivity index (χ0v) is 14.6. The number of nitro benzene ring substituents is 1. The number of methoxy groups -OCH3 is 1. The summed E-state index contributed by atoms with van der Waals surface area (Å²) in [5.74, 6) is -0.715. The number of aryl methyl sites for hydroxylation is 1. The van der Waals surface area contributed by atoms with Crippen LogP contribution in [-0.2, 0) is 11.3 Å². The van der Waals surface area contributed by atoms with E-state index in [0.717, 1.165) is 11.6 Å². The van der Waals surface area contributed by atoms with Gasteiger partial charge < -0.3 is 13.9 Å². The maximum Gasteiger partial charge on any atom is 0.338 e. The molecule has 0 spiro atoms. The van der Waals surface area contributed by atoms with E-state index < -0.39 is 16.5 Å². The average Bonchev–Trinajstić information content (AvgIpc) is 2.64. The molecule has 1 heterocycles. The number of benzene rings is 2. The summed E-state index contributed by atoms with van der Waals surface area (Å²) in [6.45, 7) is 1.69. The van der Waals surface area contributed by atoms with E-state index in [-0.39, 0.29) is 23.6 Å². The molecule has 0 saturated carbocycles. The smallest absolute Gasteiger partial charge is 0.338 e. The van der Waals surface area contributed by atoms with E-state index in [1.807, 2.05) is 13.0 Å². The van der Waals surface area contributed by atoms with Gasteiger partial charge in [0.1, 0.15) is 12.2 Å². The fraction of sp³-hybridized carbons (Fsp3) is 0.158.